The smallest absolute Gasteiger partial charge is 0.270 e. The van der Waals surface area contributed by atoms with Crippen LogP contribution in [0.25, 0.3) is 10.9 Å². The zero-order valence-electron chi connectivity index (χ0n) is 15.2. The maximum Gasteiger partial charge on any atom is 0.270 e. The lowest BCUT2D eigenvalue weighted by Crippen LogP contribution is -2.39. The molecule has 1 N–H and O–H groups in total. The van der Waals surface area contributed by atoms with Crippen LogP contribution in [-0.2, 0) is 4.74 Å². The average molecular weight is 399 g/mol. The predicted octanol–water partition coefficient (Wildman–Crippen LogP) is 4.86. The summed E-state index contributed by atoms with van der Waals surface area (Å²) in [6.07, 6.45) is 0.144. The summed E-state index contributed by atoms with van der Waals surface area (Å²) >= 11 is 5.92. The highest BCUT2D eigenvalue weighted by molar-refractivity contribution is 6.30. The lowest BCUT2D eigenvalue weighted by molar-refractivity contribution is 0.0694. The predicted molar refractivity (Wildman–Crippen MR) is 107 cm³/mol. The number of para-hydroxylation sites is 1. The number of nitrogens with one attached hydrogen (secondary N) is 1. The van der Waals surface area contributed by atoms with Crippen LogP contribution in [0.1, 0.15) is 40.6 Å². The fourth-order valence-electron chi connectivity index (χ4n) is 3.44. The van der Waals surface area contributed by atoms with Gasteiger partial charge in [0.1, 0.15) is 5.69 Å². The third-order valence-corrected chi connectivity index (χ3v) is 5.23. The Bertz CT molecular complexity index is 987. The quantitative estimate of drug-likeness (QED) is 0.683. The fourth-order valence-corrected chi connectivity index (χ4v) is 3.57. The minimum atomic E-state index is -1.39. The van der Waals surface area contributed by atoms with E-state index in [9.17, 15) is 4.79 Å². The molecule has 1 aromatic heterocycles. The van der Waals surface area contributed by atoms with Crippen molar-refractivity contribution in [1.29, 1.82) is 0 Å². The van der Waals surface area contributed by atoms with E-state index in [2.05, 4.69) is 10.3 Å². The van der Waals surface area contributed by atoms with Crippen LogP contribution in [0.3, 0.4) is 0 Å². The number of amides is 1. The van der Waals surface area contributed by atoms with Crippen LogP contribution in [0.4, 0.5) is 4.39 Å². The number of carbonyl (C=O) groups is 1. The van der Waals surface area contributed by atoms with E-state index in [-0.39, 0.29) is 17.6 Å². The molecule has 1 atom stereocenters. The van der Waals surface area contributed by atoms with E-state index in [1.807, 2.05) is 18.2 Å². The molecule has 1 aliphatic heterocycles. The standard InChI is InChI=1S/C22H20ClFN2O2/c23-15-7-5-14(6-8-15)21(24)18-13-20(26-19-4-2-1-3-17(18)19)22(27)25-16-9-11-28-12-10-16/h1-8,13,16,21H,9-12H2,(H,25,27). The van der Waals surface area contributed by atoms with Gasteiger partial charge in [-0.25, -0.2) is 9.37 Å². The Morgan fingerprint density at radius 2 is 1.86 bits per heavy atom. The van der Waals surface area contributed by atoms with E-state index in [4.69, 9.17) is 16.3 Å². The van der Waals surface area contributed by atoms with E-state index in [1.165, 1.54) is 0 Å². The monoisotopic (exact) mass is 398 g/mol. The zero-order chi connectivity index (χ0) is 19.5. The topological polar surface area (TPSA) is 51.2 Å². The van der Waals surface area contributed by atoms with E-state index < -0.39 is 6.17 Å². The summed E-state index contributed by atoms with van der Waals surface area (Å²) in [5.41, 5.74) is 1.71. The van der Waals surface area contributed by atoms with Crippen molar-refractivity contribution in [2.75, 3.05) is 13.2 Å². The number of nitrogens with zero attached hydrogens (tertiary/aromatic N) is 1. The number of benzene rings is 2. The van der Waals surface area contributed by atoms with Gasteiger partial charge in [-0.05, 0) is 42.7 Å². The molecular weight excluding hydrogens is 379 g/mol. The highest BCUT2D eigenvalue weighted by Gasteiger charge is 2.22. The molecule has 6 heteroatoms. The molecule has 1 saturated heterocycles. The molecule has 4 rings (SSSR count). The molecule has 2 heterocycles. The van der Waals surface area contributed by atoms with Crippen molar-refractivity contribution >= 4 is 28.4 Å². The van der Waals surface area contributed by atoms with Crippen molar-refractivity contribution in [3.63, 3.8) is 0 Å². The third-order valence-electron chi connectivity index (χ3n) is 4.97. The molecule has 1 fully saturated rings. The van der Waals surface area contributed by atoms with Gasteiger partial charge in [-0.15, -0.1) is 0 Å². The highest BCUT2D eigenvalue weighted by atomic mass is 35.5. The molecule has 1 unspecified atom stereocenters. The number of hydrogen-bond acceptors (Lipinski definition) is 3. The molecule has 2 aromatic carbocycles. The van der Waals surface area contributed by atoms with Crippen LogP contribution in [0, 0.1) is 0 Å². The van der Waals surface area contributed by atoms with E-state index in [0.717, 1.165) is 12.8 Å². The van der Waals surface area contributed by atoms with Gasteiger partial charge in [-0.2, -0.15) is 0 Å². The Labute approximate surface area is 167 Å². The van der Waals surface area contributed by atoms with Crippen LogP contribution in [0.15, 0.2) is 54.6 Å². The number of aromatic nitrogens is 1. The molecule has 0 saturated carbocycles. The molecule has 28 heavy (non-hydrogen) atoms. The molecule has 0 spiro atoms. The van der Waals surface area contributed by atoms with Gasteiger partial charge in [0, 0.05) is 35.2 Å². The van der Waals surface area contributed by atoms with Gasteiger partial charge in [0.05, 0.1) is 5.52 Å². The molecule has 144 valence electrons. The number of rotatable bonds is 4. The number of carbonyl (C=O) groups excluding carboxylic acids is 1. The van der Waals surface area contributed by atoms with Crippen LogP contribution < -0.4 is 5.32 Å². The summed E-state index contributed by atoms with van der Waals surface area (Å²) < 4.78 is 20.7. The minimum Gasteiger partial charge on any atom is -0.381 e. The Kier molecular flexibility index (Phi) is 5.55. The second-order valence-corrected chi connectivity index (χ2v) is 7.32. The first-order valence-electron chi connectivity index (χ1n) is 9.29. The van der Waals surface area contributed by atoms with E-state index in [1.54, 1.807) is 36.4 Å². The van der Waals surface area contributed by atoms with Crippen molar-refractivity contribution < 1.29 is 13.9 Å². The van der Waals surface area contributed by atoms with Crippen LogP contribution in [-0.4, -0.2) is 30.1 Å². The number of ether oxygens (including phenoxy) is 1. The number of alkyl halides is 1. The summed E-state index contributed by atoms with van der Waals surface area (Å²) in [6.45, 7) is 1.26. The summed E-state index contributed by atoms with van der Waals surface area (Å²) in [4.78, 5) is 17.2. The van der Waals surface area contributed by atoms with Gasteiger partial charge in [0.25, 0.3) is 5.91 Å². The maximum absolute atomic E-state index is 15.4. The lowest BCUT2D eigenvalue weighted by Gasteiger charge is -2.23. The molecule has 4 nitrogen and oxygen atoms in total. The normalized spacial score (nSPS) is 16.1. The van der Waals surface area contributed by atoms with Crippen molar-refractivity contribution in [3.8, 4) is 0 Å². The Hall–Kier alpha value is -2.50. The molecule has 1 amide bonds. The minimum absolute atomic E-state index is 0.0513. The van der Waals surface area contributed by atoms with Crippen molar-refractivity contribution in [2.24, 2.45) is 0 Å². The summed E-state index contributed by atoms with van der Waals surface area (Å²) in [5.74, 6) is -0.290. The molecule has 3 aromatic rings. The average Bonchev–Trinajstić information content (AvgIpc) is 2.73. The van der Waals surface area contributed by atoms with Crippen LogP contribution in [0.5, 0.6) is 0 Å². The number of hydrogen-bond donors (Lipinski definition) is 1. The SMILES string of the molecule is O=C(NC1CCOCC1)c1cc(C(F)c2ccc(Cl)cc2)c2ccccc2n1. The Morgan fingerprint density at radius 1 is 1.14 bits per heavy atom. The molecule has 1 aliphatic rings. The first-order chi connectivity index (χ1) is 13.6. The number of pyridine rings is 1. The van der Waals surface area contributed by atoms with Gasteiger partial charge >= 0.3 is 0 Å². The van der Waals surface area contributed by atoms with E-state index >= 15 is 4.39 Å². The second kappa shape index (κ2) is 8.25. The van der Waals surface area contributed by atoms with Crippen molar-refractivity contribution in [3.05, 3.63) is 76.4 Å². The summed E-state index contributed by atoms with van der Waals surface area (Å²) in [7, 11) is 0. The highest BCUT2D eigenvalue weighted by Crippen LogP contribution is 2.32. The number of fused-ring (bicyclic) bond motifs is 1. The van der Waals surface area contributed by atoms with Gasteiger partial charge < -0.3 is 10.1 Å². The Morgan fingerprint density at radius 3 is 2.61 bits per heavy atom. The molecular formula is C22H20ClFN2O2. The van der Waals surface area contributed by atoms with Gasteiger partial charge in [-0.3, -0.25) is 4.79 Å². The van der Waals surface area contributed by atoms with Crippen LogP contribution in [0.2, 0.25) is 5.02 Å². The first-order valence-corrected chi connectivity index (χ1v) is 9.67. The third kappa shape index (κ3) is 4.01. The first kappa shape index (κ1) is 18.8. The van der Waals surface area contributed by atoms with Gasteiger partial charge in [0.2, 0.25) is 0 Å². The molecule has 0 bridgehead atoms. The Balaban J connectivity index is 1.70. The second-order valence-electron chi connectivity index (χ2n) is 6.89. The lowest BCUT2D eigenvalue weighted by atomic mass is 9.98. The fraction of sp³-hybridized carbons (Fsp3) is 0.273. The largest absolute Gasteiger partial charge is 0.381 e. The maximum atomic E-state index is 15.4. The van der Waals surface area contributed by atoms with E-state index in [0.29, 0.717) is 40.3 Å². The van der Waals surface area contributed by atoms with Gasteiger partial charge in [-0.1, -0.05) is 41.9 Å². The van der Waals surface area contributed by atoms with Crippen molar-refractivity contribution in [2.45, 2.75) is 25.1 Å². The summed E-state index contributed by atoms with van der Waals surface area (Å²) in [5, 5.41) is 4.23. The van der Waals surface area contributed by atoms with Crippen molar-refractivity contribution in [1.82, 2.24) is 10.3 Å². The molecule has 0 aliphatic carbocycles. The van der Waals surface area contributed by atoms with Crippen LogP contribution >= 0.6 is 11.6 Å². The van der Waals surface area contributed by atoms with Gasteiger partial charge in [0.15, 0.2) is 6.17 Å². The summed E-state index contributed by atoms with van der Waals surface area (Å²) in [6, 6.07) is 15.5. The zero-order valence-corrected chi connectivity index (χ0v) is 16.0. The number of halogens is 2. The molecule has 0 radical (unpaired) electrons.